The molecule has 0 heterocycles. The first kappa shape index (κ1) is 16.9. The highest BCUT2D eigenvalue weighted by molar-refractivity contribution is 5.37. The molecule has 0 radical (unpaired) electrons. The zero-order valence-electron chi connectivity index (χ0n) is 12.9. The van der Waals surface area contributed by atoms with Crippen molar-refractivity contribution in [1.82, 2.24) is 5.32 Å². The number of benzene rings is 1. The predicted octanol–water partition coefficient (Wildman–Crippen LogP) is 3.55. The summed E-state index contributed by atoms with van der Waals surface area (Å²) in [7, 11) is 0. The van der Waals surface area contributed by atoms with Gasteiger partial charge in [-0.05, 0) is 25.5 Å². The van der Waals surface area contributed by atoms with E-state index in [-0.39, 0.29) is 11.9 Å². The van der Waals surface area contributed by atoms with E-state index in [1.807, 2.05) is 19.9 Å². The van der Waals surface area contributed by atoms with Crippen molar-refractivity contribution in [2.24, 2.45) is 5.92 Å². The van der Waals surface area contributed by atoms with Crippen LogP contribution in [0.4, 0.5) is 4.39 Å². The van der Waals surface area contributed by atoms with Gasteiger partial charge in [-0.1, -0.05) is 32.9 Å². The molecule has 3 nitrogen and oxygen atoms in total. The van der Waals surface area contributed by atoms with E-state index >= 15 is 0 Å². The van der Waals surface area contributed by atoms with Crippen LogP contribution in [0.1, 0.15) is 39.3 Å². The Hall–Kier alpha value is -1.13. The second kappa shape index (κ2) is 8.93. The standard InChI is InChI=1S/C16H26FNO2/c1-5-18-13(4)14-7-6-8-15(17)16(14)20-10-9-19-11-12(2)3/h6-8,12-13,18H,5,9-11H2,1-4H3. The quantitative estimate of drug-likeness (QED) is 0.703. The molecule has 0 saturated carbocycles. The molecule has 0 amide bonds. The summed E-state index contributed by atoms with van der Waals surface area (Å²) in [6.45, 7) is 10.6. The normalized spacial score (nSPS) is 12.7. The summed E-state index contributed by atoms with van der Waals surface area (Å²) in [4.78, 5) is 0. The second-order valence-corrected chi connectivity index (χ2v) is 5.25. The Labute approximate surface area is 121 Å². The van der Waals surface area contributed by atoms with Gasteiger partial charge in [0.1, 0.15) is 6.61 Å². The molecule has 114 valence electrons. The Kier molecular flexibility index (Phi) is 7.55. The average molecular weight is 283 g/mol. The summed E-state index contributed by atoms with van der Waals surface area (Å²) in [5.41, 5.74) is 0.843. The number of hydrogen-bond acceptors (Lipinski definition) is 3. The first-order valence-corrected chi connectivity index (χ1v) is 7.28. The van der Waals surface area contributed by atoms with Crippen LogP contribution < -0.4 is 10.1 Å². The van der Waals surface area contributed by atoms with Crippen molar-refractivity contribution in [2.75, 3.05) is 26.4 Å². The van der Waals surface area contributed by atoms with Gasteiger partial charge in [0, 0.05) is 18.2 Å². The molecule has 1 unspecified atom stereocenters. The molecule has 0 spiro atoms. The number of hydrogen-bond donors (Lipinski definition) is 1. The highest BCUT2D eigenvalue weighted by Gasteiger charge is 2.14. The molecule has 1 N–H and O–H groups in total. The highest BCUT2D eigenvalue weighted by Crippen LogP contribution is 2.28. The minimum Gasteiger partial charge on any atom is -0.488 e. The van der Waals surface area contributed by atoms with E-state index in [1.165, 1.54) is 6.07 Å². The van der Waals surface area contributed by atoms with Crippen LogP contribution in [0.25, 0.3) is 0 Å². The van der Waals surface area contributed by atoms with Crippen molar-refractivity contribution in [3.8, 4) is 5.75 Å². The van der Waals surface area contributed by atoms with Crippen LogP contribution in [-0.4, -0.2) is 26.4 Å². The number of rotatable bonds is 9. The average Bonchev–Trinajstić information content (AvgIpc) is 2.39. The maximum atomic E-state index is 13.9. The molecular formula is C16H26FNO2. The van der Waals surface area contributed by atoms with E-state index in [9.17, 15) is 4.39 Å². The first-order valence-electron chi connectivity index (χ1n) is 7.28. The van der Waals surface area contributed by atoms with Crippen molar-refractivity contribution >= 4 is 0 Å². The van der Waals surface area contributed by atoms with Crippen molar-refractivity contribution < 1.29 is 13.9 Å². The lowest BCUT2D eigenvalue weighted by Crippen LogP contribution is -2.19. The van der Waals surface area contributed by atoms with E-state index in [1.54, 1.807) is 6.07 Å². The zero-order chi connectivity index (χ0) is 15.0. The van der Waals surface area contributed by atoms with Crippen LogP contribution in [0.15, 0.2) is 18.2 Å². The summed E-state index contributed by atoms with van der Waals surface area (Å²) in [5, 5.41) is 3.27. The van der Waals surface area contributed by atoms with Gasteiger partial charge in [-0.15, -0.1) is 0 Å². The van der Waals surface area contributed by atoms with E-state index < -0.39 is 0 Å². The molecule has 1 rings (SSSR count). The Balaban J connectivity index is 2.59. The fraction of sp³-hybridized carbons (Fsp3) is 0.625. The molecule has 0 bridgehead atoms. The van der Waals surface area contributed by atoms with Gasteiger partial charge in [0.15, 0.2) is 11.6 Å². The number of ether oxygens (including phenoxy) is 2. The summed E-state index contributed by atoms with van der Waals surface area (Å²) in [5.74, 6) is 0.498. The van der Waals surface area contributed by atoms with Crippen LogP contribution in [0.2, 0.25) is 0 Å². The van der Waals surface area contributed by atoms with Crippen LogP contribution in [0, 0.1) is 11.7 Å². The molecule has 0 aliphatic rings. The monoisotopic (exact) mass is 283 g/mol. The Bertz CT molecular complexity index is 396. The first-order chi connectivity index (χ1) is 9.56. The van der Waals surface area contributed by atoms with E-state index in [0.717, 1.165) is 12.1 Å². The van der Waals surface area contributed by atoms with Crippen LogP contribution in [0.5, 0.6) is 5.75 Å². The molecule has 0 aliphatic carbocycles. The Morgan fingerprint density at radius 2 is 1.95 bits per heavy atom. The van der Waals surface area contributed by atoms with Crippen molar-refractivity contribution in [3.05, 3.63) is 29.6 Å². The molecule has 0 fully saturated rings. The van der Waals surface area contributed by atoms with Crippen LogP contribution >= 0.6 is 0 Å². The molecule has 4 heteroatoms. The van der Waals surface area contributed by atoms with E-state index in [4.69, 9.17) is 9.47 Å². The lowest BCUT2D eigenvalue weighted by molar-refractivity contribution is 0.0803. The molecular weight excluding hydrogens is 257 g/mol. The summed E-state index contributed by atoms with van der Waals surface area (Å²) in [6.07, 6.45) is 0. The third-order valence-corrected chi connectivity index (χ3v) is 2.90. The molecule has 1 aromatic carbocycles. The molecule has 20 heavy (non-hydrogen) atoms. The molecule has 0 aromatic heterocycles. The fourth-order valence-corrected chi connectivity index (χ4v) is 1.96. The van der Waals surface area contributed by atoms with E-state index in [2.05, 4.69) is 19.2 Å². The summed E-state index contributed by atoms with van der Waals surface area (Å²) >= 11 is 0. The maximum Gasteiger partial charge on any atom is 0.165 e. The highest BCUT2D eigenvalue weighted by atomic mass is 19.1. The van der Waals surface area contributed by atoms with Gasteiger partial charge in [0.25, 0.3) is 0 Å². The van der Waals surface area contributed by atoms with E-state index in [0.29, 0.717) is 31.5 Å². The number of nitrogens with one attached hydrogen (secondary N) is 1. The molecule has 1 atom stereocenters. The largest absolute Gasteiger partial charge is 0.488 e. The zero-order valence-corrected chi connectivity index (χ0v) is 12.9. The Morgan fingerprint density at radius 3 is 2.60 bits per heavy atom. The third-order valence-electron chi connectivity index (χ3n) is 2.90. The van der Waals surface area contributed by atoms with Gasteiger partial charge in [0.2, 0.25) is 0 Å². The summed E-state index contributed by atoms with van der Waals surface area (Å²) < 4.78 is 24.9. The van der Waals surface area contributed by atoms with Gasteiger partial charge in [-0.2, -0.15) is 0 Å². The molecule has 0 aliphatic heterocycles. The van der Waals surface area contributed by atoms with Gasteiger partial charge >= 0.3 is 0 Å². The maximum absolute atomic E-state index is 13.9. The summed E-state index contributed by atoms with van der Waals surface area (Å²) in [6, 6.07) is 5.08. The fourth-order valence-electron chi connectivity index (χ4n) is 1.96. The van der Waals surface area contributed by atoms with Crippen LogP contribution in [0.3, 0.4) is 0 Å². The predicted molar refractivity (Wildman–Crippen MR) is 79.6 cm³/mol. The second-order valence-electron chi connectivity index (χ2n) is 5.25. The van der Waals surface area contributed by atoms with Crippen molar-refractivity contribution in [1.29, 1.82) is 0 Å². The topological polar surface area (TPSA) is 30.5 Å². The van der Waals surface area contributed by atoms with Gasteiger partial charge in [0.05, 0.1) is 6.61 Å². The van der Waals surface area contributed by atoms with Crippen molar-refractivity contribution in [2.45, 2.75) is 33.7 Å². The minimum atomic E-state index is -0.323. The SMILES string of the molecule is CCNC(C)c1cccc(F)c1OCCOCC(C)C. The lowest BCUT2D eigenvalue weighted by atomic mass is 10.1. The van der Waals surface area contributed by atoms with Crippen molar-refractivity contribution in [3.63, 3.8) is 0 Å². The smallest absolute Gasteiger partial charge is 0.165 e. The molecule has 1 aromatic rings. The third kappa shape index (κ3) is 5.47. The van der Waals surface area contributed by atoms with Gasteiger partial charge < -0.3 is 14.8 Å². The number of para-hydroxylation sites is 1. The van der Waals surface area contributed by atoms with Gasteiger partial charge in [-0.3, -0.25) is 0 Å². The molecule has 0 saturated heterocycles. The van der Waals surface area contributed by atoms with Gasteiger partial charge in [-0.25, -0.2) is 4.39 Å². The lowest BCUT2D eigenvalue weighted by Gasteiger charge is -2.18. The Morgan fingerprint density at radius 1 is 1.20 bits per heavy atom. The van der Waals surface area contributed by atoms with Crippen LogP contribution in [-0.2, 0) is 4.74 Å². The number of halogens is 1. The minimum absolute atomic E-state index is 0.0577.